The molecule has 0 atom stereocenters. The normalized spacial score (nSPS) is 14.7. The Bertz CT molecular complexity index is 1330. The summed E-state index contributed by atoms with van der Waals surface area (Å²) >= 11 is 0. The van der Waals surface area contributed by atoms with E-state index in [1.807, 2.05) is 11.9 Å². The number of anilines is 1. The van der Waals surface area contributed by atoms with Gasteiger partial charge in [-0.15, -0.1) is 15.3 Å². The highest BCUT2D eigenvalue weighted by molar-refractivity contribution is 5.65. The maximum Gasteiger partial charge on any atom is 0.314 e. The summed E-state index contributed by atoms with van der Waals surface area (Å²) in [6, 6.07) is 8.93. The summed E-state index contributed by atoms with van der Waals surface area (Å²) in [5.74, 6) is -1.90. The number of aromatic nitrogens is 5. The molecule has 12 heteroatoms. The van der Waals surface area contributed by atoms with Crippen LogP contribution in [0.1, 0.15) is 17.9 Å². The van der Waals surface area contributed by atoms with Crippen molar-refractivity contribution in [3.63, 3.8) is 0 Å². The number of likely N-dealkylation sites (N-methyl/N-ethyl adjacent to an activating group) is 1. The summed E-state index contributed by atoms with van der Waals surface area (Å²) in [5, 5.41) is 15.0. The van der Waals surface area contributed by atoms with Gasteiger partial charge < -0.3 is 14.2 Å². The average molecular weight is 487 g/mol. The lowest BCUT2D eigenvalue weighted by Gasteiger charge is -2.34. The van der Waals surface area contributed by atoms with Crippen molar-refractivity contribution in [3.05, 3.63) is 65.7 Å². The predicted octanol–water partition coefficient (Wildman–Crippen LogP) is 4.01. The van der Waals surface area contributed by atoms with Gasteiger partial charge in [0.15, 0.2) is 0 Å². The molecule has 1 saturated heterocycles. The molecule has 0 bridgehead atoms. The summed E-state index contributed by atoms with van der Waals surface area (Å²) in [6.45, 7) is 3.24. The van der Waals surface area contributed by atoms with E-state index in [-0.39, 0.29) is 23.8 Å². The zero-order valence-electron chi connectivity index (χ0n) is 18.7. The molecule has 0 unspecified atom stereocenters. The Morgan fingerprint density at radius 1 is 0.914 bits per heavy atom. The van der Waals surface area contributed by atoms with Crippen LogP contribution in [-0.4, -0.2) is 63.3 Å². The zero-order chi connectivity index (χ0) is 24.5. The Morgan fingerprint density at radius 3 is 2.40 bits per heavy atom. The van der Waals surface area contributed by atoms with Crippen LogP contribution in [0.25, 0.3) is 22.7 Å². The second-order valence-electron chi connectivity index (χ2n) is 8.31. The van der Waals surface area contributed by atoms with Gasteiger partial charge >= 0.3 is 6.43 Å². The molecule has 0 spiro atoms. The molecule has 0 N–H and O–H groups in total. The number of rotatable bonds is 6. The molecule has 2 aromatic heterocycles. The first-order chi connectivity index (χ1) is 16.9. The Balaban J connectivity index is 1.32. The molecule has 1 aliphatic heterocycles. The van der Waals surface area contributed by atoms with Gasteiger partial charge in [0.1, 0.15) is 17.3 Å². The van der Waals surface area contributed by atoms with Crippen molar-refractivity contribution in [3.8, 4) is 22.7 Å². The number of alkyl halides is 2. The van der Waals surface area contributed by atoms with Crippen LogP contribution in [0.5, 0.6) is 0 Å². The van der Waals surface area contributed by atoms with Gasteiger partial charge in [0.25, 0.3) is 5.89 Å². The molecule has 2 aromatic carbocycles. The Labute approximate surface area is 197 Å². The topological polar surface area (TPSA) is 76.1 Å². The molecule has 1 aliphatic rings. The Morgan fingerprint density at radius 2 is 1.69 bits per heavy atom. The summed E-state index contributed by atoms with van der Waals surface area (Å²) in [7, 11) is 2.03. The number of benzene rings is 2. The average Bonchev–Trinajstić information content (AvgIpc) is 3.52. The largest absolute Gasteiger partial charge is 0.415 e. The number of piperazine rings is 1. The van der Waals surface area contributed by atoms with Gasteiger partial charge in [-0.2, -0.15) is 8.78 Å². The highest BCUT2D eigenvalue weighted by Crippen LogP contribution is 2.28. The smallest absolute Gasteiger partial charge is 0.314 e. The first-order valence-corrected chi connectivity index (χ1v) is 10.9. The third-order valence-electron chi connectivity index (χ3n) is 5.88. The van der Waals surface area contributed by atoms with Crippen molar-refractivity contribution < 1.29 is 22.0 Å². The number of nitrogens with zero attached hydrogens (tertiary/aromatic N) is 7. The molecule has 5 rings (SSSR count). The summed E-state index contributed by atoms with van der Waals surface area (Å²) < 4.78 is 60.8. The molecule has 0 radical (unpaired) electrons. The molecule has 1 fully saturated rings. The van der Waals surface area contributed by atoms with E-state index in [0.717, 1.165) is 32.2 Å². The van der Waals surface area contributed by atoms with Crippen molar-refractivity contribution in [1.82, 2.24) is 30.1 Å². The third-order valence-corrected chi connectivity index (χ3v) is 5.88. The minimum absolute atomic E-state index is 0.0811. The molecule has 182 valence electrons. The fraction of sp³-hybridized carbons (Fsp3) is 0.304. The Hall–Kier alpha value is -3.80. The van der Waals surface area contributed by atoms with Crippen LogP contribution in [0.2, 0.25) is 0 Å². The zero-order valence-corrected chi connectivity index (χ0v) is 18.7. The second-order valence-corrected chi connectivity index (χ2v) is 8.31. The lowest BCUT2D eigenvalue weighted by atomic mass is 10.1. The predicted molar refractivity (Wildman–Crippen MR) is 119 cm³/mol. The molecule has 3 heterocycles. The van der Waals surface area contributed by atoms with E-state index in [0.29, 0.717) is 22.5 Å². The van der Waals surface area contributed by atoms with Crippen LogP contribution < -0.4 is 4.90 Å². The molecule has 35 heavy (non-hydrogen) atoms. The highest BCUT2D eigenvalue weighted by Gasteiger charge is 2.20. The molecular formula is C23H21F4N7O. The third kappa shape index (κ3) is 4.87. The Kier molecular flexibility index (Phi) is 6.20. The first-order valence-electron chi connectivity index (χ1n) is 10.9. The van der Waals surface area contributed by atoms with Gasteiger partial charge in [0.2, 0.25) is 5.89 Å². The van der Waals surface area contributed by atoms with Gasteiger partial charge in [-0.05, 0) is 37.4 Å². The first kappa shape index (κ1) is 23.0. The fourth-order valence-electron chi connectivity index (χ4n) is 3.89. The number of hydrogen-bond donors (Lipinski definition) is 0. The summed E-state index contributed by atoms with van der Waals surface area (Å²) in [6.07, 6.45) is -1.25. The molecule has 0 aliphatic carbocycles. The van der Waals surface area contributed by atoms with Crippen molar-refractivity contribution in [2.75, 3.05) is 38.1 Å². The van der Waals surface area contributed by atoms with Crippen LogP contribution in [0.3, 0.4) is 0 Å². The van der Waals surface area contributed by atoms with Gasteiger partial charge in [-0.3, -0.25) is 0 Å². The molecule has 4 aromatic rings. The van der Waals surface area contributed by atoms with Crippen LogP contribution in [0.4, 0.5) is 23.2 Å². The van der Waals surface area contributed by atoms with E-state index >= 15 is 0 Å². The highest BCUT2D eigenvalue weighted by atomic mass is 19.3. The van der Waals surface area contributed by atoms with E-state index in [2.05, 4.69) is 25.4 Å². The van der Waals surface area contributed by atoms with Crippen molar-refractivity contribution in [1.29, 1.82) is 0 Å². The number of hydrogen-bond acceptors (Lipinski definition) is 7. The molecule has 8 nitrogen and oxygen atoms in total. The molecular weight excluding hydrogens is 466 g/mol. The van der Waals surface area contributed by atoms with E-state index in [9.17, 15) is 17.6 Å². The van der Waals surface area contributed by atoms with Gasteiger partial charge in [-0.1, -0.05) is 11.3 Å². The second kappa shape index (κ2) is 9.45. The van der Waals surface area contributed by atoms with E-state index in [1.165, 1.54) is 22.9 Å². The van der Waals surface area contributed by atoms with E-state index < -0.39 is 18.1 Å². The summed E-state index contributed by atoms with van der Waals surface area (Å²) in [4.78, 5) is 4.20. The van der Waals surface area contributed by atoms with Gasteiger partial charge in [0.05, 0.1) is 18.4 Å². The van der Waals surface area contributed by atoms with E-state index in [1.54, 1.807) is 18.3 Å². The van der Waals surface area contributed by atoms with Crippen LogP contribution in [0.15, 0.2) is 47.0 Å². The number of halogens is 4. The lowest BCUT2D eigenvalue weighted by molar-refractivity contribution is 0.116. The SMILES string of the molecule is CN1CCN(c2cc(-c3cn(Cc4ccc(-c5nnc(C(F)F)o5)cc4F)nn3)ccc2F)CC1. The van der Waals surface area contributed by atoms with E-state index in [4.69, 9.17) is 4.42 Å². The van der Waals surface area contributed by atoms with Crippen molar-refractivity contribution in [2.45, 2.75) is 13.0 Å². The van der Waals surface area contributed by atoms with Crippen LogP contribution in [-0.2, 0) is 6.54 Å². The van der Waals surface area contributed by atoms with Gasteiger partial charge in [-0.25, -0.2) is 13.5 Å². The quantitative estimate of drug-likeness (QED) is 0.381. The maximum absolute atomic E-state index is 14.7. The van der Waals surface area contributed by atoms with Crippen molar-refractivity contribution >= 4 is 5.69 Å². The maximum atomic E-state index is 14.7. The fourth-order valence-corrected chi connectivity index (χ4v) is 3.89. The monoisotopic (exact) mass is 487 g/mol. The van der Waals surface area contributed by atoms with Crippen LogP contribution in [0, 0.1) is 11.6 Å². The van der Waals surface area contributed by atoms with Gasteiger partial charge in [0, 0.05) is 42.9 Å². The molecule has 0 saturated carbocycles. The minimum atomic E-state index is -2.90. The van der Waals surface area contributed by atoms with Crippen molar-refractivity contribution in [2.24, 2.45) is 0 Å². The lowest BCUT2D eigenvalue weighted by Crippen LogP contribution is -2.44. The van der Waals surface area contributed by atoms with Crippen LogP contribution >= 0.6 is 0 Å². The standard InChI is InChI=1S/C23H21F4N7O/c1-32-6-8-33(9-7-32)20-11-14(4-5-17(20)24)19-13-34(31-28-19)12-16-3-2-15(10-18(16)25)22-29-30-23(35-22)21(26)27/h2-5,10-11,13,21H,6-9,12H2,1H3. The molecule has 0 amide bonds. The summed E-state index contributed by atoms with van der Waals surface area (Å²) in [5.41, 5.74) is 2.24. The minimum Gasteiger partial charge on any atom is -0.415 e.